The molecule has 1 aromatic carbocycles. The van der Waals surface area contributed by atoms with Crippen molar-refractivity contribution in [1.29, 1.82) is 0 Å². The lowest BCUT2D eigenvalue weighted by Gasteiger charge is -2.13. The smallest absolute Gasteiger partial charge is 0.340 e. The van der Waals surface area contributed by atoms with E-state index in [0.29, 0.717) is 15.7 Å². The van der Waals surface area contributed by atoms with Gasteiger partial charge in [-0.05, 0) is 25.1 Å². The summed E-state index contributed by atoms with van der Waals surface area (Å²) in [4.78, 5) is 11.2. The summed E-state index contributed by atoms with van der Waals surface area (Å²) in [5, 5.41) is 0.936. The molecule has 7 heteroatoms. The predicted molar refractivity (Wildman–Crippen MR) is 69.5 cm³/mol. The Hall–Kier alpha value is -0.680. The van der Waals surface area contributed by atoms with E-state index in [9.17, 15) is 4.79 Å². The fourth-order valence-corrected chi connectivity index (χ4v) is 1.58. The highest BCUT2D eigenvalue weighted by Crippen LogP contribution is 2.24. The van der Waals surface area contributed by atoms with E-state index in [2.05, 4.69) is 10.9 Å². The van der Waals surface area contributed by atoms with E-state index in [4.69, 9.17) is 39.5 Å². The minimum absolute atomic E-state index is 0.269. The zero-order valence-corrected chi connectivity index (χ0v) is 11.2. The van der Waals surface area contributed by atoms with Gasteiger partial charge in [-0.15, -0.1) is 0 Å². The molecule has 0 aliphatic carbocycles. The Morgan fingerprint density at radius 3 is 2.76 bits per heavy atom. The molecule has 1 aromatic rings. The number of hydrazine groups is 1. The van der Waals surface area contributed by atoms with Crippen LogP contribution in [-0.4, -0.2) is 18.1 Å². The number of hydrogen-bond donors (Lipinski definition) is 2. The first-order chi connectivity index (χ1) is 8.04. The van der Waals surface area contributed by atoms with E-state index >= 15 is 0 Å². The number of carbonyl (C=O) groups excluding carboxylic acids is 1. The van der Waals surface area contributed by atoms with Gasteiger partial charge in [0.2, 0.25) is 0 Å². The SMILES string of the molecule is CCOC(=O)C(Cl)NNc1ccc(Cl)cc1Cl. The Morgan fingerprint density at radius 1 is 1.47 bits per heavy atom. The largest absolute Gasteiger partial charge is 0.464 e. The molecule has 0 radical (unpaired) electrons. The van der Waals surface area contributed by atoms with Crippen LogP contribution in [0.5, 0.6) is 0 Å². The summed E-state index contributed by atoms with van der Waals surface area (Å²) >= 11 is 17.4. The van der Waals surface area contributed by atoms with E-state index in [1.165, 1.54) is 0 Å². The third-order valence-electron chi connectivity index (χ3n) is 1.76. The molecule has 1 atom stereocenters. The van der Waals surface area contributed by atoms with Gasteiger partial charge in [-0.3, -0.25) is 0 Å². The Bertz CT molecular complexity index is 401. The van der Waals surface area contributed by atoms with Crippen molar-refractivity contribution in [1.82, 2.24) is 5.43 Å². The minimum Gasteiger partial charge on any atom is -0.464 e. The van der Waals surface area contributed by atoms with Gasteiger partial charge in [-0.2, -0.15) is 0 Å². The second-order valence-corrected chi connectivity index (χ2v) is 4.29. The zero-order chi connectivity index (χ0) is 12.8. The molecular weight excluding hydrogens is 286 g/mol. The van der Waals surface area contributed by atoms with Crippen LogP contribution in [0.1, 0.15) is 6.92 Å². The van der Waals surface area contributed by atoms with Crippen LogP contribution in [0, 0.1) is 0 Å². The van der Waals surface area contributed by atoms with E-state index < -0.39 is 11.5 Å². The summed E-state index contributed by atoms with van der Waals surface area (Å²) < 4.78 is 4.71. The maximum Gasteiger partial charge on any atom is 0.340 e. The van der Waals surface area contributed by atoms with Gasteiger partial charge in [-0.25, -0.2) is 10.2 Å². The zero-order valence-electron chi connectivity index (χ0n) is 8.97. The normalized spacial score (nSPS) is 12.0. The van der Waals surface area contributed by atoms with Crippen LogP contribution in [-0.2, 0) is 9.53 Å². The van der Waals surface area contributed by atoms with Crippen LogP contribution in [0.25, 0.3) is 0 Å². The molecule has 0 aliphatic rings. The van der Waals surface area contributed by atoms with E-state index in [0.717, 1.165) is 0 Å². The summed E-state index contributed by atoms with van der Waals surface area (Å²) in [7, 11) is 0. The summed E-state index contributed by atoms with van der Waals surface area (Å²) in [6.07, 6.45) is 0. The second-order valence-electron chi connectivity index (χ2n) is 3.01. The van der Waals surface area contributed by atoms with Crippen molar-refractivity contribution < 1.29 is 9.53 Å². The molecule has 94 valence electrons. The number of rotatable bonds is 5. The molecule has 17 heavy (non-hydrogen) atoms. The number of carbonyl (C=O) groups is 1. The number of halogens is 3. The summed E-state index contributed by atoms with van der Waals surface area (Å²) in [6.45, 7) is 1.97. The third kappa shape index (κ3) is 4.60. The lowest BCUT2D eigenvalue weighted by molar-refractivity contribution is -0.143. The Kier molecular flexibility index (Phi) is 5.85. The van der Waals surface area contributed by atoms with Gasteiger partial charge >= 0.3 is 5.97 Å². The number of anilines is 1. The lowest BCUT2D eigenvalue weighted by atomic mass is 10.3. The monoisotopic (exact) mass is 296 g/mol. The van der Waals surface area contributed by atoms with Gasteiger partial charge in [0, 0.05) is 5.02 Å². The first-order valence-corrected chi connectivity index (χ1v) is 6.01. The first-order valence-electron chi connectivity index (χ1n) is 4.82. The van der Waals surface area contributed by atoms with Crippen molar-refractivity contribution in [2.45, 2.75) is 12.4 Å². The predicted octanol–water partition coefficient (Wildman–Crippen LogP) is 3.04. The maximum absolute atomic E-state index is 11.2. The quantitative estimate of drug-likeness (QED) is 0.380. The first kappa shape index (κ1) is 14.4. The lowest BCUT2D eigenvalue weighted by Crippen LogP contribution is -2.37. The molecule has 0 heterocycles. The summed E-state index contributed by atoms with van der Waals surface area (Å²) in [5.74, 6) is -0.563. The van der Waals surface area contributed by atoms with Crippen LogP contribution in [0.3, 0.4) is 0 Å². The maximum atomic E-state index is 11.2. The third-order valence-corrected chi connectivity index (χ3v) is 2.59. The molecule has 2 N–H and O–H groups in total. The minimum atomic E-state index is -0.998. The van der Waals surface area contributed by atoms with Gasteiger partial charge in [-0.1, -0.05) is 34.8 Å². The topological polar surface area (TPSA) is 50.4 Å². The van der Waals surface area contributed by atoms with Gasteiger partial charge < -0.3 is 10.2 Å². The molecule has 0 aliphatic heterocycles. The fraction of sp³-hybridized carbons (Fsp3) is 0.300. The van der Waals surface area contributed by atoms with Gasteiger partial charge in [0.1, 0.15) is 0 Å². The highest BCUT2D eigenvalue weighted by atomic mass is 35.5. The number of ether oxygens (including phenoxy) is 1. The van der Waals surface area contributed by atoms with Crippen molar-refractivity contribution in [2.24, 2.45) is 0 Å². The molecule has 0 aromatic heterocycles. The van der Waals surface area contributed by atoms with E-state index in [1.54, 1.807) is 25.1 Å². The van der Waals surface area contributed by atoms with Crippen LogP contribution >= 0.6 is 34.8 Å². The van der Waals surface area contributed by atoms with Gasteiger partial charge in [0.05, 0.1) is 17.3 Å². The molecule has 1 rings (SSSR count). The molecule has 0 fully saturated rings. The van der Waals surface area contributed by atoms with Crippen LogP contribution in [0.4, 0.5) is 5.69 Å². The number of alkyl halides is 1. The Labute approximate surface area is 114 Å². The average molecular weight is 298 g/mol. The number of esters is 1. The molecule has 0 spiro atoms. The van der Waals surface area contributed by atoms with Crippen LogP contribution < -0.4 is 10.9 Å². The molecule has 0 saturated heterocycles. The highest BCUT2D eigenvalue weighted by Gasteiger charge is 2.15. The summed E-state index contributed by atoms with van der Waals surface area (Å²) in [6, 6.07) is 4.89. The standard InChI is InChI=1S/C10H11Cl3N2O2/c1-2-17-10(16)9(13)15-14-8-4-3-6(11)5-7(8)12/h3-5,9,14-15H,2H2,1H3. The van der Waals surface area contributed by atoms with Crippen LogP contribution in [0.2, 0.25) is 10.0 Å². The molecular formula is C10H11Cl3N2O2. The van der Waals surface area contributed by atoms with Crippen molar-refractivity contribution in [3.8, 4) is 0 Å². The van der Waals surface area contributed by atoms with Crippen molar-refractivity contribution in [2.75, 3.05) is 12.0 Å². The fourth-order valence-electron chi connectivity index (χ4n) is 1.01. The average Bonchev–Trinajstić information content (AvgIpc) is 2.27. The van der Waals surface area contributed by atoms with E-state index in [-0.39, 0.29) is 6.61 Å². The Balaban J connectivity index is 2.52. The van der Waals surface area contributed by atoms with Crippen molar-refractivity contribution >= 4 is 46.5 Å². The highest BCUT2D eigenvalue weighted by molar-refractivity contribution is 6.36. The van der Waals surface area contributed by atoms with E-state index in [1.807, 2.05) is 0 Å². The van der Waals surface area contributed by atoms with Crippen molar-refractivity contribution in [3.05, 3.63) is 28.2 Å². The molecule has 1 unspecified atom stereocenters. The van der Waals surface area contributed by atoms with Crippen LogP contribution in [0.15, 0.2) is 18.2 Å². The number of benzene rings is 1. The number of hydrogen-bond acceptors (Lipinski definition) is 4. The number of nitrogens with one attached hydrogen (secondary N) is 2. The molecule has 0 amide bonds. The second kappa shape index (κ2) is 6.91. The summed E-state index contributed by atoms with van der Waals surface area (Å²) in [5.41, 5.74) is 4.83. The molecule has 0 saturated carbocycles. The Morgan fingerprint density at radius 2 is 2.18 bits per heavy atom. The molecule has 0 bridgehead atoms. The van der Waals surface area contributed by atoms with Gasteiger partial charge in [0.15, 0.2) is 5.50 Å². The van der Waals surface area contributed by atoms with Gasteiger partial charge in [0.25, 0.3) is 0 Å². The van der Waals surface area contributed by atoms with Crippen molar-refractivity contribution in [3.63, 3.8) is 0 Å². The molecule has 4 nitrogen and oxygen atoms in total.